The summed E-state index contributed by atoms with van der Waals surface area (Å²) in [5, 5.41) is 2.85. The summed E-state index contributed by atoms with van der Waals surface area (Å²) in [7, 11) is 1.62. The topological polar surface area (TPSA) is 64.4 Å². The smallest absolute Gasteiger partial charge is 0.237 e. The number of amides is 1. The molecule has 1 aromatic rings. The first-order chi connectivity index (χ1) is 8.99. The molecule has 0 bridgehead atoms. The van der Waals surface area contributed by atoms with Gasteiger partial charge in [0.1, 0.15) is 5.75 Å². The standard InChI is InChI=1S/C14H21BrN2O2.ClH/c1-4-9(2)13(16)14(18)17-8-10-5-6-12(19-3)11(15)7-10;/h5-7,9,13H,4,8,16H2,1-3H3,(H,17,18);1H. The average molecular weight is 366 g/mol. The molecule has 6 heteroatoms. The maximum absolute atomic E-state index is 11.9. The van der Waals surface area contributed by atoms with Gasteiger partial charge in [-0.3, -0.25) is 4.79 Å². The van der Waals surface area contributed by atoms with E-state index in [0.717, 1.165) is 22.2 Å². The van der Waals surface area contributed by atoms with Gasteiger partial charge in [-0.2, -0.15) is 0 Å². The number of nitrogens with two attached hydrogens (primary N) is 1. The number of ether oxygens (including phenoxy) is 1. The largest absolute Gasteiger partial charge is 0.496 e. The molecular weight excluding hydrogens is 344 g/mol. The third-order valence-corrected chi connectivity index (χ3v) is 3.86. The van der Waals surface area contributed by atoms with Crippen LogP contribution in [0.1, 0.15) is 25.8 Å². The van der Waals surface area contributed by atoms with Crippen LogP contribution in [0, 0.1) is 5.92 Å². The van der Waals surface area contributed by atoms with E-state index < -0.39 is 6.04 Å². The van der Waals surface area contributed by atoms with Gasteiger partial charge in [0.15, 0.2) is 0 Å². The second-order valence-corrected chi connectivity index (χ2v) is 5.45. The molecule has 2 unspecified atom stereocenters. The molecule has 0 radical (unpaired) electrons. The summed E-state index contributed by atoms with van der Waals surface area (Å²) in [5.74, 6) is 0.843. The summed E-state index contributed by atoms with van der Waals surface area (Å²) < 4.78 is 6.02. The van der Waals surface area contributed by atoms with Crippen LogP contribution < -0.4 is 15.8 Å². The second kappa shape index (κ2) is 9.21. The van der Waals surface area contributed by atoms with Gasteiger partial charge in [0.05, 0.1) is 17.6 Å². The Bertz CT molecular complexity index is 443. The van der Waals surface area contributed by atoms with Crippen molar-refractivity contribution in [3.63, 3.8) is 0 Å². The third kappa shape index (κ3) is 5.31. The lowest BCUT2D eigenvalue weighted by molar-refractivity contribution is -0.123. The third-order valence-electron chi connectivity index (χ3n) is 3.24. The Hall–Kier alpha value is -0.780. The molecule has 4 nitrogen and oxygen atoms in total. The molecule has 0 aliphatic rings. The Morgan fingerprint density at radius 2 is 2.15 bits per heavy atom. The fourth-order valence-corrected chi connectivity index (χ4v) is 2.23. The van der Waals surface area contributed by atoms with Crippen molar-refractivity contribution in [2.24, 2.45) is 11.7 Å². The highest BCUT2D eigenvalue weighted by atomic mass is 79.9. The van der Waals surface area contributed by atoms with E-state index in [9.17, 15) is 4.79 Å². The van der Waals surface area contributed by atoms with Crippen molar-refractivity contribution in [1.29, 1.82) is 0 Å². The van der Waals surface area contributed by atoms with Crippen molar-refractivity contribution in [3.8, 4) is 5.75 Å². The van der Waals surface area contributed by atoms with Crippen LogP contribution in [-0.2, 0) is 11.3 Å². The first kappa shape index (κ1) is 19.2. The minimum absolute atomic E-state index is 0. The molecule has 0 aromatic heterocycles. The Balaban J connectivity index is 0.00000361. The maximum Gasteiger partial charge on any atom is 0.237 e. The van der Waals surface area contributed by atoms with E-state index in [4.69, 9.17) is 10.5 Å². The zero-order chi connectivity index (χ0) is 14.4. The number of carbonyl (C=O) groups excluding carboxylic acids is 1. The Labute approximate surface area is 135 Å². The molecule has 0 saturated heterocycles. The lowest BCUT2D eigenvalue weighted by Gasteiger charge is -2.17. The van der Waals surface area contributed by atoms with Gasteiger partial charge in [0.2, 0.25) is 5.91 Å². The van der Waals surface area contributed by atoms with Gasteiger partial charge in [-0.15, -0.1) is 12.4 Å². The van der Waals surface area contributed by atoms with Gasteiger partial charge in [-0.05, 0) is 39.5 Å². The van der Waals surface area contributed by atoms with E-state index in [1.807, 2.05) is 32.0 Å². The van der Waals surface area contributed by atoms with Crippen molar-refractivity contribution in [1.82, 2.24) is 5.32 Å². The van der Waals surface area contributed by atoms with Crippen LogP contribution in [0.2, 0.25) is 0 Å². The molecule has 1 amide bonds. The molecule has 1 rings (SSSR count). The monoisotopic (exact) mass is 364 g/mol. The molecule has 3 N–H and O–H groups in total. The number of halogens is 2. The summed E-state index contributed by atoms with van der Waals surface area (Å²) >= 11 is 3.42. The van der Waals surface area contributed by atoms with Crippen LogP contribution in [0.3, 0.4) is 0 Å². The predicted octanol–water partition coefficient (Wildman–Crippen LogP) is 2.87. The minimum atomic E-state index is -0.452. The van der Waals surface area contributed by atoms with Crippen LogP contribution >= 0.6 is 28.3 Å². The van der Waals surface area contributed by atoms with Gasteiger partial charge in [-0.1, -0.05) is 26.3 Å². The second-order valence-electron chi connectivity index (χ2n) is 4.60. The fourth-order valence-electron chi connectivity index (χ4n) is 1.64. The van der Waals surface area contributed by atoms with Crippen molar-refractivity contribution in [2.75, 3.05) is 7.11 Å². The molecule has 20 heavy (non-hydrogen) atoms. The molecule has 114 valence electrons. The summed E-state index contributed by atoms with van der Waals surface area (Å²) in [4.78, 5) is 11.9. The predicted molar refractivity (Wildman–Crippen MR) is 87.2 cm³/mol. The number of methoxy groups -OCH3 is 1. The molecule has 0 heterocycles. The zero-order valence-corrected chi connectivity index (χ0v) is 14.4. The highest BCUT2D eigenvalue weighted by Crippen LogP contribution is 2.25. The van der Waals surface area contributed by atoms with Crippen molar-refractivity contribution >= 4 is 34.2 Å². The summed E-state index contributed by atoms with van der Waals surface area (Å²) in [6, 6.07) is 5.25. The molecular formula is C14H22BrClN2O2. The summed E-state index contributed by atoms with van der Waals surface area (Å²) in [5.41, 5.74) is 6.87. The van der Waals surface area contributed by atoms with Crippen LogP contribution in [0.4, 0.5) is 0 Å². The van der Waals surface area contributed by atoms with Gasteiger partial charge < -0.3 is 15.8 Å². The van der Waals surface area contributed by atoms with Crippen LogP contribution in [0.25, 0.3) is 0 Å². The fraction of sp³-hybridized carbons (Fsp3) is 0.500. The van der Waals surface area contributed by atoms with E-state index in [0.29, 0.717) is 6.54 Å². The van der Waals surface area contributed by atoms with Crippen LogP contribution in [-0.4, -0.2) is 19.1 Å². The highest BCUT2D eigenvalue weighted by Gasteiger charge is 2.18. The number of rotatable bonds is 6. The highest BCUT2D eigenvalue weighted by molar-refractivity contribution is 9.10. The molecule has 2 atom stereocenters. The lowest BCUT2D eigenvalue weighted by Crippen LogP contribution is -2.44. The molecule has 1 aromatic carbocycles. The van der Waals surface area contributed by atoms with E-state index in [1.54, 1.807) is 7.11 Å². The van der Waals surface area contributed by atoms with Gasteiger partial charge in [0.25, 0.3) is 0 Å². The van der Waals surface area contributed by atoms with Crippen molar-refractivity contribution in [3.05, 3.63) is 28.2 Å². The van der Waals surface area contributed by atoms with Crippen molar-refractivity contribution < 1.29 is 9.53 Å². The zero-order valence-electron chi connectivity index (χ0n) is 12.0. The summed E-state index contributed by atoms with van der Waals surface area (Å²) in [6.07, 6.45) is 0.892. The van der Waals surface area contributed by atoms with Gasteiger partial charge in [0, 0.05) is 6.54 Å². The van der Waals surface area contributed by atoms with Gasteiger partial charge in [-0.25, -0.2) is 0 Å². The number of hydrogen-bond donors (Lipinski definition) is 2. The first-order valence-electron chi connectivity index (χ1n) is 6.35. The van der Waals surface area contributed by atoms with E-state index in [-0.39, 0.29) is 24.2 Å². The summed E-state index contributed by atoms with van der Waals surface area (Å²) in [6.45, 7) is 4.47. The molecule has 0 aliphatic carbocycles. The molecule has 0 fully saturated rings. The first-order valence-corrected chi connectivity index (χ1v) is 7.14. The number of benzene rings is 1. The lowest BCUT2D eigenvalue weighted by atomic mass is 9.99. The normalized spacial score (nSPS) is 13.1. The molecule has 0 aliphatic heterocycles. The number of nitrogens with one attached hydrogen (secondary N) is 1. The quantitative estimate of drug-likeness (QED) is 0.814. The Kier molecular flexibility index (Phi) is 8.85. The maximum atomic E-state index is 11.9. The SMILES string of the molecule is CCC(C)C(N)C(=O)NCc1ccc(OC)c(Br)c1.Cl. The Morgan fingerprint density at radius 3 is 2.65 bits per heavy atom. The van der Waals surface area contributed by atoms with E-state index in [2.05, 4.69) is 21.2 Å². The van der Waals surface area contributed by atoms with Crippen LogP contribution in [0.5, 0.6) is 5.75 Å². The Morgan fingerprint density at radius 1 is 1.50 bits per heavy atom. The number of carbonyl (C=O) groups is 1. The minimum Gasteiger partial charge on any atom is -0.496 e. The van der Waals surface area contributed by atoms with Gasteiger partial charge >= 0.3 is 0 Å². The number of hydrogen-bond acceptors (Lipinski definition) is 3. The molecule has 0 spiro atoms. The van der Waals surface area contributed by atoms with Crippen LogP contribution in [0.15, 0.2) is 22.7 Å². The van der Waals surface area contributed by atoms with E-state index in [1.165, 1.54) is 0 Å². The van der Waals surface area contributed by atoms with Crippen molar-refractivity contribution in [2.45, 2.75) is 32.9 Å². The van der Waals surface area contributed by atoms with E-state index >= 15 is 0 Å². The average Bonchev–Trinajstić information content (AvgIpc) is 2.43. The molecule has 0 saturated carbocycles.